The van der Waals surface area contributed by atoms with E-state index < -0.39 is 0 Å². The van der Waals surface area contributed by atoms with Crippen molar-refractivity contribution in [2.75, 3.05) is 6.61 Å². The average Bonchev–Trinajstić information content (AvgIpc) is 3.04. The summed E-state index contributed by atoms with van der Waals surface area (Å²) in [6, 6.07) is 20.4. The van der Waals surface area contributed by atoms with E-state index in [4.69, 9.17) is 9.47 Å². The SMILES string of the molecule is C=CC(=O)OCCCCCCCCCCC1(C#N)CCCC(c2ccc(-c3ccc(OC(CCC)CCC)cc3)cc2)C1. The average molecular weight is 586 g/mol. The van der Waals surface area contributed by atoms with Gasteiger partial charge in [0.15, 0.2) is 0 Å². The van der Waals surface area contributed by atoms with E-state index in [0.29, 0.717) is 18.6 Å². The number of carbonyl (C=O) groups excluding carboxylic acids is 1. The molecule has 234 valence electrons. The van der Waals surface area contributed by atoms with Crippen molar-refractivity contribution in [2.45, 2.75) is 135 Å². The molecule has 0 saturated heterocycles. The van der Waals surface area contributed by atoms with Gasteiger partial charge in [-0.25, -0.2) is 4.79 Å². The molecule has 0 aliphatic heterocycles. The fraction of sp³-hybridized carbons (Fsp3) is 0.590. The molecule has 1 saturated carbocycles. The molecule has 2 aromatic carbocycles. The van der Waals surface area contributed by atoms with E-state index in [1.54, 1.807) is 0 Å². The van der Waals surface area contributed by atoms with Crippen molar-refractivity contribution in [3.05, 3.63) is 66.7 Å². The van der Waals surface area contributed by atoms with E-state index in [0.717, 1.165) is 76.4 Å². The number of benzene rings is 2. The van der Waals surface area contributed by atoms with Crippen LogP contribution in [0.15, 0.2) is 61.2 Å². The highest BCUT2D eigenvalue weighted by Gasteiger charge is 2.36. The zero-order valence-electron chi connectivity index (χ0n) is 27.0. The third-order valence-corrected chi connectivity index (χ3v) is 9.14. The van der Waals surface area contributed by atoms with E-state index >= 15 is 0 Å². The fourth-order valence-electron chi connectivity index (χ4n) is 6.66. The summed E-state index contributed by atoms with van der Waals surface area (Å²) >= 11 is 0. The minimum atomic E-state index is -0.330. The summed E-state index contributed by atoms with van der Waals surface area (Å²) in [6.45, 7) is 8.34. The molecular formula is C39H55NO3. The molecule has 0 heterocycles. The molecule has 1 fully saturated rings. The second-order valence-corrected chi connectivity index (χ2v) is 12.6. The summed E-state index contributed by atoms with van der Waals surface area (Å²) in [7, 11) is 0. The number of ether oxygens (including phenoxy) is 2. The van der Waals surface area contributed by atoms with Gasteiger partial charge in [-0.2, -0.15) is 5.26 Å². The zero-order chi connectivity index (χ0) is 30.8. The minimum absolute atomic E-state index is 0.173. The highest BCUT2D eigenvalue weighted by molar-refractivity contribution is 5.81. The van der Waals surface area contributed by atoms with Crippen molar-refractivity contribution in [1.82, 2.24) is 0 Å². The van der Waals surface area contributed by atoms with Crippen LogP contribution in [0.1, 0.15) is 134 Å². The normalized spacial score (nSPS) is 18.2. The minimum Gasteiger partial charge on any atom is -0.490 e. The first-order valence-corrected chi connectivity index (χ1v) is 17.1. The Morgan fingerprint density at radius 1 is 0.930 bits per heavy atom. The Hall–Kier alpha value is -3.06. The molecule has 4 heteroatoms. The standard InChI is InChI=1S/C39H55NO3/c1-4-16-36(17-5-2)43-37-25-23-33(24-26-37)32-19-21-34(22-20-32)35-18-15-28-39(30-35,31-40)27-13-11-9-7-8-10-12-14-29-42-38(41)6-3/h6,19-26,35-36H,3-5,7-18,27-30H2,1-2H3. The smallest absolute Gasteiger partial charge is 0.330 e. The van der Waals surface area contributed by atoms with Gasteiger partial charge in [0.2, 0.25) is 0 Å². The van der Waals surface area contributed by atoms with Crippen LogP contribution >= 0.6 is 0 Å². The Kier molecular flexibility index (Phi) is 15.4. The van der Waals surface area contributed by atoms with E-state index in [1.165, 1.54) is 61.3 Å². The lowest BCUT2D eigenvalue weighted by molar-refractivity contribution is -0.137. The lowest BCUT2D eigenvalue weighted by atomic mass is 9.66. The second kappa shape index (κ2) is 19.3. The first kappa shape index (κ1) is 34.4. The van der Waals surface area contributed by atoms with Gasteiger partial charge >= 0.3 is 5.97 Å². The van der Waals surface area contributed by atoms with Crippen molar-refractivity contribution in [3.8, 4) is 22.9 Å². The van der Waals surface area contributed by atoms with E-state index in [9.17, 15) is 10.1 Å². The fourth-order valence-corrected chi connectivity index (χ4v) is 6.66. The molecule has 4 nitrogen and oxygen atoms in total. The van der Waals surface area contributed by atoms with Gasteiger partial charge < -0.3 is 9.47 Å². The number of esters is 1. The van der Waals surface area contributed by atoms with Gasteiger partial charge in [0, 0.05) is 6.08 Å². The maximum Gasteiger partial charge on any atom is 0.330 e. The first-order chi connectivity index (χ1) is 21.0. The van der Waals surface area contributed by atoms with E-state index in [2.05, 4.69) is 75.0 Å². The van der Waals surface area contributed by atoms with Crippen molar-refractivity contribution < 1.29 is 14.3 Å². The molecule has 0 N–H and O–H groups in total. The predicted octanol–water partition coefficient (Wildman–Crippen LogP) is 11.1. The summed E-state index contributed by atoms with van der Waals surface area (Å²) in [6.07, 6.45) is 20.7. The number of hydrogen-bond donors (Lipinski definition) is 0. The summed E-state index contributed by atoms with van der Waals surface area (Å²) in [5.41, 5.74) is 3.65. The topological polar surface area (TPSA) is 59.3 Å². The number of carbonyl (C=O) groups is 1. The summed E-state index contributed by atoms with van der Waals surface area (Å²) in [5.74, 6) is 1.10. The van der Waals surface area contributed by atoms with Gasteiger partial charge in [0.1, 0.15) is 5.75 Å². The third-order valence-electron chi connectivity index (χ3n) is 9.14. The zero-order valence-corrected chi connectivity index (χ0v) is 27.0. The van der Waals surface area contributed by atoms with Crippen LogP contribution in [0.5, 0.6) is 5.75 Å². The Balaban J connectivity index is 1.41. The molecule has 3 rings (SSSR count). The molecule has 1 aliphatic rings. The first-order valence-electron chi connectivity index (χ1n) is 17.1. The second-order valence-electron chi connectivity index (χ2n) is 12.6. The Labute approximate surface area is 261 Å². The van der Waals surface area contributed by atoms with Gasteiger partial charge in [0.05, 0.1) is 24.2 Å². The summed E-state index contributed by atoms with van der Waals surface area (Å²) in [5, 5.41) is 10.2. The summed E-state index contributed by atoms with van der Waals surface area (Å²) in [4.78, 5) is 11.1. The number of nitrogens with zero attached hydrogens (tertiary/aromatic N) is 1. The quantitative estimate of drug-likeness (QED) is 0.0881. The van der Waals surface area contributed by atoms with Gasteiger partial charge in [0.25, 0.3) is 0 Å². The van der Waals surface area contributed by atoms with Crippen LogP contribution in [-0.4, -0.2) is 18.7 Å². The summed E-state index contributed by atoms with van der Waals surface area (Å²) < 4.78 is 11.3. The van der Waals surface area contributed by atoms with Crippen LogP contribution in [0, 0.1) is 16.7 Å². The van der Waals surface area contributed by atoms with Crippen LogP contribution in [-0.2, 0) is 9.53 Å². The van der Waals surface area contributed by atoms with Crippen LogP contribution in [0.2, 0.25) is 0 Å². The monoisotopic (exact) mass is 585 g/mol. The van der Waals surface area contributed by atoms with E-state index in [1.807, 2.05) is 0 Å². The van der Waals surface area contributed by atoms with Crippen molar-refractivity contribution in [3.63, 3.8) is 0 Å². The highest BCUT2D eigenvalue weighted by atomic mass is 16.5. The maximum absolute atomic E-state index is 11.1. The van der Waals surface area contributed by atoms with Crippen LogP contribution < -0.4 is 4.74 Å². The molecule has 0 aromatic heterocycles. The Bertz CT molecular complexity index is 1110. The van der Waals surface area contributed by atoms with Crippen LogP contribution in [0.3, 0.4) is 0 Å². The lowest BCUT2D eigenvalue weighted by Gasteiger charge is -2.36. The molecular weight excluding hydrogens is 530 g/mol. The van der Waals surface area contributed by atoms with Gasteiger partial charge in [-0.3, -0.25) is 0 Å². The maximum atomic E-state index is 11.1. The highest BCUT2D eigenvalue weighted by Crippen LogP contribution is 2.47. The predicted molar refractivity (Wildman–Crippen MR) is 178 cm³/mol. The Morgan fingerprint density at radius 3 is 2.09 bits per heavy atom. The lowest BCUT2D eigenvalue weighted by Crippen LogP contribution is -2.26. The van der Waals surface area contributed by atoms with Gasteiger partial charge in [-0.1, -0.05) is 121 Å². The molecule has 2 atom stereocenters. The molecule has 1 aliphatic carbocycles. The van der Waals surface area contributed by atoms with Crippen molar-refractivity contribution in [1.29, 1.82) is 5.26 Å². The number of unbranched alkanes of at least 4 members (excludes halogenated alkanes) is 7. The molecule has 43 heavy (non-hydrogen) atoms. The van der Waals surface area contributed by atoms with Crippen molar-refractivity contribution in [2.24, 2.45) is 5.41 Å². The largest absolute Gasteiger partial charge is 0.490 e. The molecule has 0 spiro atoms. The number of nitriles is 1. The van der Waals surface area contributed by atoms with Crippen LogP contribution in [0.25, 0.3) is 11.1 Å². The Morgan fingerprint density at radius 2 is 1.51 bits per heavy atom. The van der Waals surface area contributed by atoms with Gasteiger partial charge in [-0.15, -0.1) is 0 Å². The number of hydrogen-bond acceptors (Lipinski definition) is 4. The van der Waals surface area contributed by atoms with E-state index in [-0.39, 0.29) is 11.4 Å². The number of rotatable bonds is 20. The molecule has 0 bridgehead atoms. The van der Waals surface area contributed by atoms with Crippen LogP contribution in [0.4, 0.5) is 0 Å². The van der Waals surface area contributed by atoms with Crippen molar-refractivity contribution >= 4 is 5.97 Å². The third kappa shape index (κ3) is 11.9. The molecule has 0 amide bonds. The molecule has 2 aromatic rings. The molecule has 2 unspecified atom stereocenters. The molecule has 0 radical (unpaired) electrons. The van der Waals surface area contributed by atoms with Gasteiger partial charge in [-0.05, 0) is 79.7 Å².